The summed E-state index contributed by atoms with van der Waals surface area (Å²) < 4.78 is 32.3. The molecule has 1 aromatic carbocycles. The highest BCUT2D eigenvalue weighted by Crippen LogP contribution is 2.18. The van der Waals surface area contributed by atoms with E-state index in [0.29, 0.717) is 12.4 Å². The van der Waals surface area contributed by atoms with Gasteiger partial charge in [0.1, 0.15) is 5.75 Å². The van der Waals surface area contributed by atoms with Crippen LogP contribution in [0.2, 0.25) is 0 Å². The van der Waals surface area contributed by atoms with E-state index in [1.807, 2.05) is 13.2 Å². The van der Waals surface area contributed by atoms with Crippen LogP contribution in [-0.2, 0) is 10.0 Å². The molecule has 0 heterocycles. The van der Waals surface area contributed by atoms with Gasteiger partial charge in [-0.3, -0.25) is 0 Å². The van der Waals surface area contributed by atoms with Crippen molar-refractivity contribution in [1.82, 2.24) is 4.72 Å². The fourth-order valence-corrected chi connectivity index (χ4v) is 3.70. The van der Waals surface area contributed by atoms with E-state index in [9.17, 15) is 13.5 Å². The average Bonchev–Trinajstić information content (AvgIpc) is 2.40. The summed E-state index contributed by atoms with van der Waals surface area (Å²) in [4.78, 5) is 0.186. The largest absolute Gasteiger partial charge is 0.494 e. The van der Waals surface area contributed by atoms with Crippen LogP contribution in [0.25, 0.3) is 0 Å². The van der Waals surface area contributed by atoms with Gasteiger partial charge in [0.05, 0.1) is 18.1 Å². The smallest absolute Gasteiger partial charge is 0.240 e. The van der Waals surface area contributed by atoms with E-state index in [0.717, 1.165) is 0 Å². The van der Waals surface area contributed by atoms with Crippen molar-refractivity contribution in [3.05, 3.63) is 24.3 Å². The SMILES string of the molecule is CCOc1ccc(S(=O)(=O)NC(C)C(CO)SC)cc1. The van der Waals surface area contributed by atoms with Crippen molar-refractivity contribution in [2.24, 2.45) is 0 Å². The molecule has 0 aliphatic carbocycles. The molecule has 0 radical (unpaired) electrons. The van der Waals surface area contributed by atoms with Gasteiger partial charge in [-0.05, 0) is 44.4 Å². The Morgan fingerprint density at radius 3 is 2.40 bits per heavy atom. The van der Waals surface area contributed by atoms with Gasteiger partial charge < -0.3 is 9.84 Å². The van der Waals surface area contributed by atoms with Crippen LogP contribution in [-0.4, -0.2) is 44.3 Å². The van der Waals surface area contributed by atoms with Gasteiger partial charge in [0, 0.05) is 11.3 Å². The fraction of sp³-hybridized carbons (Fsp3) is 0.538. The minimum Gasteiger partial charge on any atom is -0.494 e. The summed E-state index contributed by atoms with van der Waals surface area (Å²) in [5.74, 6) is 0.636. The van der Waals surface area contributed by atoms with E-state index in [1.165, 1.54) is 23.9 Å². The van der Waals surface area contributed by atoms with Crippen molar-refractivity contribution < 1.29 is 18.3 Å². The van der Waals surface area contributed by atoms with Crippen LogP contribution < -0.4 is 9.46 Å². The molecule has 1 aromatic rings. The van der Waals surface area contributed by atoms with Crippen LogP contribution in [0.3, 0.4) is 0 Å². The Morgan fingerprint density at radius 2 is 1.95 bits per heavy atom. The molecule has 0 amide bonds. The summed E-state index contributed by atoms with van der Waals surface area (Å²) in [5.41, 5.74) is 0. The molecule has 0 saturated carbocycles. The first-order chi connectivity index (χ1) is 9.44. The zero-order chi connectivity index (χ0) is 15.2. The molecule has 114 valence electrons. The molecule has 0 aromatic heterocycles. The molecular weight excluding hydrogens is 298 g/mol. The van der Waals surface area contributed by atoms with Gasteiger partial charge >= 0.3 is 0 Å². The van der Waals surface area contributed by atoms with E-state index < -0.39 is 10.0 Å². The second kappa shape index (κ2) is 7.87. The van der Waals surface area contributed by atoms with Crippen LogP contribution in [0.1, 0.15) is 13.8 Å². The third kappa shape index (κ3) is 4.66. The molecular formula is C13H21NO4S2. The number of sulfonamides is 1. The standard InChI is InChI=1S/C13H21NO4S2/c1-4-18-11-5-7-12(8-6-11)20(16,17)14-10(2)13(9-15)19-3/h5-8,10,13-15H,4,9H2,1-3H3. The van der Waals surface area contributed by atoms with Crippen LogP contribution in [0.15, 0.2) is 29.2 Å². The highest BCUT2D eigenvalue weighted by Gasteiger charge is 2.22. The van der Waals surface area contributed by atoms with Crippen molar-refractivity contribution in [1.29, 1.82) is 0 Å². The number of nitrogens with one attached hydrogen (secondary N) is 1. The number of thioether (sulfide) groups is 1. The number of rotatable bonds is 8. The molecule has 0 aliphatic heterocycles. The highest BCUT2D eigenvalue weighted by molar-refractivity contribution is 7.99. The van der Waals surface area contributed by atoms with Gasteiger partial charge in [0.25, 0.3) is 0 Å². The third-order valence-corrected chi connectivity index (χ3v) is 5.56. The van der Waals surface area contributed by atoms with Gasteiger partial charge in [0.15, 0.2) is 0 Å². The maximum atomic E-state index is 12.2. The maximum Gasteiger partial charge on any atom is 0.240 e. The predicted octanol–water partition coefficient (Wildman–Crippen LogP) is 1.48. The summed E-state index contributed by atoms with van der Waals surface area (Å²) in [6.45, 7) is 4.07. The Morgan fingerprint density at radius 1 is 1.35 bits per heavy atom. The monoisotopic (exact) mass is 319 g/mol. The molecule has 0 fully saturated rings. The maximum absolute atomic E-state index is 12.2. The summed E-state index contributed by atoms with van der Waals surface area (Å²) >= 11 is 1.43. The van der Waals surface area contributed by atoms with Crippen LogP contribution >= 0.6 is 11.8 Å². The molecule has 5 nitrogen and oxygen atoms in total. The second-order valence-electron chi connectivity index (χ2n) is 4.27. The van der Waals surface area contributed by atoms with Gasteiger partial charge in [-0.2, -0.15) is 11.8 Å². The number of benzene rings is 1. The van der Waals surface area contributed by atoms with E-state index >= 15 is 0 Å². The van der Waals surface area contributed by atoms with E-state index in [-0.39, 0.29) is 22.8 Å². The average molecular weight is 319 g/mol. The van der Waals surface area contributed by atoms with Crippen LogP contribution in [0.5, 0.6) is 5.75 Å². The Bertz CT molecular complexity index is 498. The van der Waals surface area contributed by atoms with Crippen LogP contribution in [0.4, 0.5) is 0 Å². The van der Waals surface area contributed by atoms with Gasteiger partial charge in [-0.25, -0.2) is 13.1 Å². The Hall–Kier alpha value is -0.760. The number of ether oxygens (including phenoxy) is 1. The van der Waals surface area contributed by atoms with E-state index in [4.69, 9.17) is 4.74 Å². The zero-order valence-electron chi connectivity index (χ0n) is 11.9. The Balaban J connectivity index is 2.82. The summed E-state index contributed by atoms with van der Waals surface area (Å²) in [5, 5.41) is 9.01. The van der Waals surface area contributed by atoms with E-state index in [1.54, 1.807) is 19.1 Å². The zero-order valence-corrected chi connectivity index (χ0v) is 13.5. The Kier molecular flexibility index (Phi) is 6.81. The molecule has 0 bridgehead atoms. The van der Waals surface area contributed by atoms with Gasteiger partial charge in [-0.15, -0.1) is 0 Å². The molecule has 0 spiro atoms. The lowest BCUT2D eigenvalue weighted by molar-refractivity contribution is 0.282. The molecule has 0 aliphatic rings. The van der Waals surface area contributed by atoms with E-state index in [2.05, 4.69) is 4.72 Å². The Labute approximate surface area is 124 Å². The minimum atomic E-state index is -3.59. The lowest BCUT2D eigenvalue weighted by Gasteiger charge is -2.21. The van der Waals surface area contributed by atoms with Crippen molar-refractivity contribution in [2.75, 3.05) is 19.5 Å². The molecule has 0 saturated heterocycles. The third-order valence-electron chi connectivity index (χ3n) is 2.83. The molecule has 2 atom stereocenters. The lowest BCUT2D eigenvalue weighted by Crippen LogP contribution is -2.41. The molecule has 1 rings (SSSR count). The topological polar surface area (TPSA) is 75.6 Å². The normalized spacial score (nSPS) is 14.8. The second-order valence-corrected chi connectivity index (χ2v) is 7.06. The number of hydrogen-bond acceptors (Lipinski definition) is 5. The van der Waals surface area contributed by atoms with Crippen molar-refractivity contribution >= 4 is 21.8 Å². The fourth-order valence-electron chi connectivity index (χ4n) is 1.71. The number of aliphatic hydroxyl groups excluding tert-OH is 1. The number of hydrogen-bond donors (Lipinski definition) is 2. The van der Waals surface area contributed by atoms with Crippen molar-refractivity contribution in [3.63, 3.8) is 0 Å². The summed E-state index contributed by atoms with van der Waals surface area (Å²) in [6.07, 6.45) is 1.84. The highest BCUT2D eigenvalue weighted by atomic mass is 32.2. The molecule has 2 N–H and O–H groups in total. The van der Waals surface area contributed by atoms with Crippen molar-refractivity contribution in [2.45, 2.75) is 30.0 Å². The van der Waals surface area contributed by atoms with Crippen molar-refractivity contribution in [3.8, 4) is 5.75 Å². The summed E-state index contributed by atoms with van der Waals surface area (Å²) in [6, 6.07) is 5.91. The molecule has 20 heavy (non-hydrogen) atoms. The van der Waals surface area contributed by atoms with Gasteiger partial charge in [-0.1, -0.05) is 0 Å². The first-order valence-corrected chi connectivity index (χ1v) is 9.10. The molecule has 2 unspecified atom stereocenters. The minimum absolute atomic E-state index is 0.0753. The number of aliphatic hydroxyl groups is 1. The first kappa shape index (κ1) is 17.3. The predicted molar refractivity (Wildman–Crippen MR) is 81.8 cm³/mol. The quantitative estimate of drug-likeness (QED) is 0.759. The van der Waals surface area contributed by atoms with Crippen LogP contribution in [0, 0.1) is 0 Å². The molecule has 7 heteroatoms. The first-order valence-electron chi connectivity index (χ1n) is 6.33. The lowest BCUT2D eigenvalue weighted by atomic mass is 10.3. The summed E-state index contributed by atoms with van der Waals surface area (Å²) in [7, 11) is -3.59. The van der Waals surface area contributed by atoms with Gasteiger partial charge in [0.2, 0.25) is 10.0 Å².